The van der Waals surface area contributed by atoms with E-state index in [1.807, 2.05) is 33.8 Å². The maximum Gasteiger partial charge on any atom is 0.279 e. The number of carbonyl (C=O) groups excluding carboxylic acids is 1. The Bertz CT molecular complexity index is 867. The van der Waals surface area contributed by atoms with Crippen molar-refractivity contribution in [3.05, 3.63) is 39.8 Å². The molecule has 1 aliphatic heterocycles. The molecule has 140 valence electrons. The van der Waals surface area contributed by atoms with Gasteiger partial charge in [0.25, 0.3) is 5.56 Å². The van der Waals surface area contributed by atoms with Crippen LogP contribution < -0.4 is 22.3 Å². The fraction of sp³-hybridized carbons (Fsp3) is 0.389. The molecule has 0 bridgehead atoms. The highest BCUT2D eigenvalue weighted by atomic mass is 32.2. The largest absolute Gasteiger partial charge is 0.393 e. The Balaban J connectivity index is 2.74. The van der Waals surface area contributed by atoms with Gasteiger partial charge in [-0.1, -0.05) is 20.4 Å². The second kappa shape index (κ2) is 7.82. The number of thioether (sulfide) groups is 1. The third-order valence-corrected chi connectivity index (χ3v) is 5.16. The normalized spacial score (nSPS) is 17.5. The molecule has 0 aromatic carbocycles. The number of aryl methyl sites for hydroxylation is 1. The summed E-state index contributed by atoms with van der Waals surface area (Å²) in [6.45, 7) is 12.0. The maximum atomic E-state index is 13.0. The lowest BCUT2D eigenvalue weighted by Gasteiger charge is -2.27. The molecule has 2 heterocycles. The molecule has 1 aromatic rings. The minimum absolute atomic E-state index is 0.168. The van der Waals surface area contributed by atoms with Crippen LogP contribution in [0.5, 0.6) is 0 Å². The molecule has 1 aromatic heterocycles. The first-order chi connectivity index (χ1) is 12.2. The first-order valence-corrected chi connectivity index (χ1v) is 9.19. The molecular weight excluding hydrogens is 350 g/mol. The van der Waals surface area contributed by atoms with E-state index in [1.54, 1.807) is 0 Å². The number of hydrogen-bond donors (Lipinski definition) is 3. The van der Waals surface area contributed by atoms with Crippen LogP contribution in [0, 0.1) is 6.92 Å². The topological polar surface area (TPSA) is 116 Å². The van der Waals surface area contributed by atoms with Gasteiger partial charge < -0.3 is 16.8 Å². The monoisotopic (exact) mass is 375 g/mol. The summed E-state index contributed by atoms with van der Waals surface area (Å²) in [6.07, 6.45) is 0.594. The number of nitrogen functional groups attached to an aromatic ring is 1. The van der Waals surface area contributed by atoms with E-state index in [4.69, 9.17) is 11.5 Å². The summed E-state index contributed by atoms with van der Waals surface area (Å²) in [4.78, 5) is 28.9. The summed E-state index contributed by atoms with van der Waals surface area (Å²) in [6, 6.07) is 1.64. The number of hydrogen-bond acceptors (Lipinski definition) is 6. The average Bonchev–Trinajstić information content (AvgIpc) is 2.56. The lowest BCUT2D eigenvalue weighted by Crippen LogP contribution is -2.37. The number of amides is 1. The summed E-state index contributed by atoms with van der Waals surface area (Å²) >= 11 is 1.53. The van der Waals surface area contributed by atoms with Crippen LogP contribution in [0.15, 0.2) is 38.5 Å². The van der Waals surface area contributed by atoms with Crippen LogP contribution in [0.1, 0.15) is 26.5 Å². The van der Waals surface area contributed by atoms with E-state index in [-0.39, 0.29) is 29.7 Å². The van der Waals surface area contributed by atoms with E-state index in [0.29, 0.717) is 34.2 Å². The molecule has 7 nitrogen and oxygen atoms in total. The fourth-order valence-corrected chi connectivity index (χ4v) is 3.81. The smallest absolute Gasteiger partial charge is 0.279 e. The zero-order chi connectivity index (χ0) is 19.6. The molecule has 1 atom stereocenters. The van der Waals surface area contributed by atoms with Crippen molar-refractivity contribution < 1.29 is 4.79 Å². The van der Waals surface area contributed by atoms with Crippen LogP contribution in [0.2, 0.25) is 0 Å². The van der Waals surface area contributed by atoms with Gasteiger partial charge in [-0.25, -0.2) is 0 Å². The molecule has 2 rings (SSSR count). The SMILES string of the molecule is C=C1C(CNC=O)=C(n2c(C)cc(SC(C)C)c(N)c2=O)C(N)=NC1C. The van der Waals surface area contributed by atoms with Crippen molar-refractivity contribution in [1.82, 2.24) is 9.88 Å². The third-order valence-electron chi connectivity index (χ3n) is 4.09. The zero-order valence-electron chi connectivity index (χ0n) is 15.5. The van der Waals surface area contributed by atoms with Crippen molar-refractivity contribution in [2.24, 2.45) is 10.7 Å². The van der Waals surface area contributed by atoms with Gasteiger partial charge in [0.05, 0.1) is 11.7 Å². The Morgan fingerprint density at radius 2 is 2.12 bits per heavy atom. The molecule has 1 amide bonds. The van der Waals surface area contributed by atoms with Gasteiger partial charge in [0, 0.05) is 28.0 Å². The number of nitrogens with one attached hydrogen (secondary N) is 1. The number of pyridine rings is 1. The second-order valence-corrected chi connectivity index (χ2v) is 8.03. The van der Waals surface area contributed by atoms with Crippen molar-refractivity contribution in [1.29, 1.82) is 0 Å². The highest BCUT2D eigenvalue weighted by Gasteiger charge is 2.27. The predicted octanol–water partition coefficient (Wildman–Crippen LogP) is 1.51. The van der Waals surface area contributed by atoms with Gasteiger partial charge in [0.1, 0.15) is 11.5 Å². The van der Waals surface area contributed by atoms with E-state index in [2.05, 4.69) is 16.9 Å². The van der Waals surface area contributed by atoms with E-state index in [9.17, 15) is 9.59 Å². The molecule has 1 aliphatic rings. The molecular formula is C18H25N5O2S. The number of aromatic nitrogens is 1. The Morgan fingerprint density at radius 3 is 2.69 bits per heavy atom. The standard InChI is InChI=1S/C18H25N5O2S/c1-9(2)26-14-6-10(3)23(18(25)15(14)19)16-13(7-21-8-24)11(4)12(5)22-17(16)20/h6,8-9,12H,4,7,19H2,1-3,5H3,(H2,20,22)(H,21,24). The van der Waals surface area contributed by atoms with Gasteiger partial charge >= 0.3 is 0 Å². The third kappa shape index (κ3) is 3.70. The number of dihydropyridines is 1. The van der Waals surface area contributed by atoms with Gasteiger partial charge in [-0.05, 0) is 25.5 Å². The van der Waals surface area contributed by atoms with Gasteiger partial charge in [-0.2, -0.15) is 0 Å². The molecule has 1 unspecified atom stereocenters. The lowest BCUT2D eigenvalue weighted by atomic mass is 9.95. The van der Waals surface area contributed by atoms with Crippen molar-refractivity contribution in [3.8, 4) is 0 Å². The summed E-state index contributed by atoms with van der Waals surface area (Å²) in [7, 11) is 0. The Kier molecular flexibility index (Phi) is 5.97. The summed E-state index contributed by atoms with van der Waals surface area (Å²) in [5.41, 5.74) is 14.6. The molecule has 0 fully saturated rings. The molecule has 0 saturated carbocycles. The second-order valence-electron chi connectivity index (χ2n) is 6.41. The molecule has 26 heavy (non-hydrogen) atoms. The molecule has 8 heteroatoms. The Hall–Kier alpha value is -2.48. The van der Waals surface area contributed by atoms with Crippen molar-refractivity contribution in [2.75, 3.05) is 12.3 Å². The maximum absolute atomic E-state index is 13.0. The fourth-order valence-electron chi connectivity index (χ4n) is 2.84. The molecule has 0 aliphatic carbocycles. The Morgan fingerprint density at radius 1 is 1.46 bits per heavy atom. The van der Waals surface area contributed by atoms with Crippen molar-refractivity contribution in [2.45, 2.75) is 43.9 Å². The summed E-state index contributed by atoms with van der Waals surface area (Å²) < 4.78 is 1.46. The molecule has 0 radical (unpaired) electrons. The van der Waals surface area contributed by atoms with Crippen molar-refractivity contribution >= 4 is 35.4 Å². The van der Waals surface area contributed by atoms with Gasteiger partial charge in [0.15, 0.2) is 0 Å². The predicted molar refractivity (Wildman–Crippen MR) is 108 cm³/mol. The number of amidine groups is 1. The Labute approximate surface area is 157 Å². The number of nitrogens with zero attached hydrogens (tertiary/aromatic N) is 2. The van der Waals surface area contributed by atoms with Gasteiger partial charge in [-0.15, -0.1) is 11.8 Å². The minimum Gasteiger partial charge on any atom is -0.393 e. The van der Waals surface area contributed by atoms with Gasteiger partial charge in [0.2, 0.25) is 6.41 Å². The molecule has 0 spiro atoms. The first-order valence-electron chi connectivity index (χ1n) is 8.31. The summed E-state index contributed by atoms with van der Waals surface area (Å²) in [5.74, 6) is 0.224. The lowest BCUT2D eigenvalue weighted by molar-refractivity contribution is -0.109. The van der Waals surface area contributed by atoms with Crippen LogP contribution in [0.3, 0.4) is 0 Å². The molecule has 0 saturated heterocycles. The van der Waals surface area contributed by atoms with Crippen LogP contribution in [0.25, 0.3) is 5.70 Å². The highest BCUT2D eigenvalue weighted by molar-refractivity contribution is 8.00. The van der Waals surface area contributed by atoms with Crippen LogP contribution in [-0.2, 0) is 4.79 Å². The summed E-state index contributed by atoms with van der Waals surface area (Å²) in [5, 5.41) is 2.91. The van der Waals surface area contributed by atoms with E-state index in [0.717, 1.165) is 4.90 Å². The minimum atomic E-state index is -0.354. The zero-order valence-corrected chi connectivity index (χ0v) is 16.3. The number of rotatable bonds is 6. The number of carbonyl (C=O) groups is 1. The van der Waals surface area contributed by atoms with Crippen LogP contribution in [0.4, 0.5) is 5.69 Å². The van der Waals surface area contributed by atoms with E-state index >= 15 is 0 Å². The number of aliphatic imine (C=N–C) groups is 1. The molecule has 5 N–H and O–H groups in total. The van der Waals surface area contributed by atoms with E-state index < -0.39 is 0 Å². The number of nitrogens with two attached hydrogens (primary N) is 2. The van der Waals surface area contributed by atoms with Crippen LogP contribution >= 0.6 is 11.8 Å². The quantitative estimate of drug-likeness (QED) is 0.515. The van der Waals surface area contributed by atoms with Crippen molar-refractivity contribution in [3.63, 3.8) is 0 Å². The average molecular weight is 375 g/mol. The van der Waals surface area contributed by atoms with Crippen LogP contribution in [-0.4, -0.2) is 34.6 Å². The highest BCUT2D eigenvalue weighted by Crippen LogP contribution is 2.31. The van der Waals surface area contributed by atoms with Gasteiger partial charge in [-0.3, -0.25) is 19.1 Å². The first kappa shape index (κ1) is 19.8. The van der Waals surface area contributed by atoms with E-state index in [1.165, 1.54) is 16.3 Å². The number of anilines is 1.